The zero-order valence-electron chi connectivity index (χ0n) is 17.5. The molecule has 31 heavy (non-hydrogen) atoms. The van der Waals surface area contributed by atoms with Gasteiger partial charge in [0.2, 0.25) is 0 Å². The van der Waals surface area contributed by atoms with Crippen LogP contribution in [0.15, 0.2) is 83.5 Å². The highest BCUT2D eigenvalue weighted by Gasteiger charge is 2.10. The van der Waals surface area contributed by atoms with E-state index in [2.05, 4.69) is 64.5 Å². The molecule has 0 bridgehead atoms. The zero-order valence-corrected chi connectivity index (χ0v) is 17.5. The predicted octanol–water partition coefficient (Wildman–Crippen LogP) is 5.49. The van der Waals surface area contributed by atoms with E-state index in [-0.39, 0.29) is 5.91 Å². The van der Waals surface area contributed by atoms with E-state index in [1.807, 2.05) is 12.1 Å². The highest BCUT2D eigenvalue weighted by molar-refractivity contribution is 5.91. The van der Waals surface area contributed by atoms with Crippen molar-refractivity contribution in [2.45, 2.75) is 32.2 Å². The predicted molar refractivity (Wildman–Crippen MR) is 124 cm³/mol. The molecule has 0 spiro atoms. The normalized spacial score (nSPS) is 11.4. The number of amides is 1. The van der Waals surface area contributed by atoms with Crippen molar-refractivity contribution in [3.05, 3.63) is 96.2 Å². The number of allylic oxidation sites excluding steroid dienone is 1. The molecular formula is C26H27N3O2. The lowest BCUT2D eigenvalue weighted by Gasteiger charge is -2.07. The Bertz CT molecular complexity index is 1130. The molecule has 2 aromatic heterocycles. The topological polar surface area (TPSA) is 60.1 Å². The SMILES string of the molecule is O=C(NCCCCCc1nc2ccccc2n1C/C=C/c1ccccc1)c1ccco1. The Morgan fingerprint density at radius 1 is 0.968 bits per heavy atom. The third-order valence-corrected chi connectivity index (χ3v) is 5.24. The van der Waals surface area contributed by atoms with Gasteiger partial charge in [0.25, 0.3) is 5.91 Å². The summed E-state index contributed by atoms with van der Waals surface area (Å²) in [6.45, 7) is 1.44. The van der Waals surface area contributed by atoms with Gasteiger partial charge in [-0.25, -0.2) is 4.98 Å². The van der Waals surface area contributed by atoms with Crippen molar-refractivity contribution in [2.24, 2.45) is 0 Å². The van der Waals surface area contributed by atoms with Gasteiger partial charge in [0, 0.05) is 19.5 Å². The summed E-state index contributed by atoms with van der Waals surface area (Å²) >= 11 is 0. The highest BCUT2D eigenvalue weighted by atomic mass is 16.3. The van der Waals surface area contributed by atoms with Crippen molar-refractivity contribution < 1.29 is 9.21 Å². The molecular weight excluding hydrogens is 386 g/mol. The van der Waals surface area contributed by atoms with E-state index in [0.717, 1.165) is 43.6 Å². The van der Waals surface area contributed by atoms with Crippen LogP contribution >= 0.6 is 0 Å². The standard InChI is InChI=1S/C26H27N3O2/c30-26(24-16-10-20-31-24)27-18-8-2-5-17-25-28-22-14-6-7-15-23(22)29(25)19-9-13-21-11-3-1-4-12-21/h1,3-4,6-7,9-16,20H,2,5,8,17-19H2,(H,27,30)/b13-9+. The van der Waals surface area contributed by atoms with Gasteiger partial charge in [0.05, 0.1) is 17.3 Å². The first-order chi connectivity index (χ1) is 15.3. The largest absolute Gasteiger partial charge is 0.459 e. The number of aryl methyl sites for hydroxylation is 1. The molecule has 0 radical (unpaired) electrons. The maximum atomic E-state index is 11.9. The molecule has 0 saturated heterocycles. The van der Waals surface area contributed by atoms with Gasteiger partial charge >= 0.3 is 0 Å². The summed E-state index contributed by atoms with van der Waals surface area (Å²) in [7, 11) is 0. The minimum atomic E-state index is -0.156. The average Bonchev–Trinajstić information content (AvgIpc) is 3.45. The molecule has 5 heteroatoms. The molecule has 0 saturated carbocycles. The molecule has 0 aliphatic rings. The average molecular weight is 414 g/mol. The highest BCUT2D eigenvalue weighted by Crippen LogP contribution is 2.18. The zero-order chi connectivity index (χ0) is 21.3. The number of para-hydroxylation sites is 2. The number of furan rings is 1. The molecule has 1 N–H and O–H groups in total. The number of carbonyl (C=O) groups excluding carboxylic acids is 1. The lowest BCUT2D eigenvalue weighted by atomic mass is 10.2. The fourth-order valence-corrected chi connectivity index (χ4v) is 3.66. The Kier molecular flexibility index (Phi) is 6.96. The Hall–Kier alpha value is -3.60. The lowest BCUT2D eigenvalue weighted by Crippen LogP contribution is -2.23. The molecule has 0 aliphatic carbocycles. The van der Waals surface area contributed by atoms with E-state index in [1.54, 1.807) is 12.1 Å². The molecule has 4 rings (SSSR count). The van der Waals surface area contributed by atoms with Gasteiger partial charge in [-0.05, 0) is 42.7 Å². The number of nitrogens with one attached hydrogen (secondary N) is 1. The van der Waals surface area contributed by atoms with E-state index >= 15 is 0 Å². The van der Waals surface area contributed by atoms with Crippen LogP contribution in [0, 0.1) is 0 Å². The van der Waals surface area contributed by atoms with Crippen LogP contribution in [0.3, 0.4) is 0 Å². The van der Waals surface area contributed by atoms with Crippen LogP contribution in [0.2, 0.25) is 0 Å². The van der Waals surface area contributed by atoms with Gasteiger partial charge in [0.1, 0.15) is 5.82 Å². The fraction of sp³-hybridized carbons (Fsp3) is 0.231. The Morgan fingerprint density at radius 2 is 1.81 bits per heavy atom. The smallest absolute Gasteiger partial charge is 0.286 e. The molecule has 5 nitrogen and oxygen atoms in total. The van der Waals surface area contributed by atoms with E-state index in [4.69, 9.17) is 9.40 Å². The summed E-state index contributed by atoms with van der Waals surface area (Å²) in [5.74, 6) is 1.31. The van der Waals surface area contributed by atoms with Crippen molar-refractivity contribution in [3.63, 3.8) is 0 Å². The molecule has 2 aromatic carbocycles. The number of rotatable bonds is 10. The first-order valence-electron chi connectivity index (χ1n) is 10.8. The van der Waals surface area contributed by atoms with Crippen molar-refractivity contribution in [1.82, 2.24) is 14.9 Å². The Morgan fingerprint density at radius 3 is 2.65 bits per heavy atom. The second-order valence-electron chi connectivity index (χ2n) is 7.48. The molecule has 2 heterocycles. The number of aromatic nitrogens is 2. The number of nitrogens with zero attached hydrogens (tertiary/aromatic N) is 2. The number of hydrogen-bond acceptors (Lipinski definition) is 3. The number of carbonyl (C=O) groups is 1. The fourth-order valence-electron chi connectivity index (χ4n) is 3.66. The van der Waals surface area contributed by atoms with Gasteiger partial charge < -0.3 is 14.3 Å². The minimum absolute atomic E-state index is 0.156. The number of hydrogen-bond donors (Lipinski definition) is 1. The first kappa shape index (κ1) is 20.7. The van der Waals surface area contributed by atoms with Crippen LogP contribution in [0.5, 0.6) is 0 Å². The number of unbranched alkanes of at least 4 members (excludes halogenated alkanes) is 2. The van der Waals surface area contributed by atoms with E-state index in [1.165, 1.54) is 17.3 Å². The van der Waals surface area contributed by atoms with Crippen LogP contribution in [-0.4, -0.2) is 22.0 Å². The summed E-state index contributed by atoms with van der Waals surface area (Å²) < 4.78 is 7.40. The van der Waals surface area contributed by atoms with Gasteiger partial charge in [-0.3, -0.25) is 4.79 Å². The summed E-state index contributed by atoms with van der Waals surface area (Å²) in [5.41, 5.74) is 3.40. The van der Waals surface area contributed by atoms with E-state index < -0.39 is 0 Å². The number of fused-ring (bicyclic) bond motifs is 1. The molecule has 1 amide bonds. The second-order valence-corrected chi connectivity index (χ2v) is 7.48. The quantitative estimate of drug-likeness (QED) is 0.350. The van der Waals surface area contributed by atoms with Crippen LogP contribution in [0.4, 0.5) is 0 Å². The Balaban J connectivity index is 1.31. The third-order valence-electron chi connectivity index (χ3n) is 5.24. The summed E-state index contributed by atoms with van der Waals surface area (Å²) in [6.07, 6.45) is 9.76. The van der Waals surface area contributed by atoms with Crippen molar-refractivity contribution >= 4 is 23.0 Å². The molecule has 0 unspecified atom stereocenters. The molecule has 158 valence electrons. The van der Waals surface area contributed by atoms with Crippen molar-refractivity contribution in [2.75, 3.05) is 6.54 Å². The summed E-state index contributed by atoms with van der Waals surface area (Å²) in [5, 5.41) is 2.90. The number of imidazole rings is 1. The minimum Gasteiger partial charge on any atom is -0.459 e. The maximum Gasteiger partial charge on any atom is 0.286 e. The monoisotopic (exact) mass is 413 g/mol. The summed E-state index contributed by atoms with van der Waals surface area (Å²) in [6, 6.07) is 22.0. The summed E-state index contributed by atoms with van der Waals surface area (Å²) in [4.78, 5) is 16.7. The molecule has 0 atom stereocenters. The van der Waals surface area contributed by atoms with Gasteiger partial charge in [-0.2, -0.15) is 0 Å². The molecule has 0 aliphatic heterocycles. The molecule has 0 fully saturated rings. The van der Waals surface area contributed by atoms with Crippen LogP contribution < -0.4 is 5.32 Å². The maximum absolute atomic E-state index is 11.9. The van der Waals surface area contributed by atoms with Crippen molar-refractivity contribution in [3.8, 4) is 0 Å². The van der Waals surface area contributed by atoms with Gasteiger partial charge in [-0.1, -0.05) is 61.0 Å². The van der Waals surface area contributed by atoms with Gasteiger partial charge in [-0.15, -0.1) is 0 Å². The lowest BCUT2D eigenvalue weighted by molar-refractivity contribution is 0.0925. The van der Waals surface area contributed by atoms with Crippen LogP contribution in [0.25, 0.3) is 17.1 Å². The van der Waals surface area contributed by atoms with E-state index in [9.17, 15) is 4.79 Å². The second kappa shape index (κ2) is 10.4. The third kappa shape index (κ3) is 5.51. The van der Waals surface area contributed by atoms with Crippen LogP contribution in [0.1, 0.15) is 41.2 Å². The van der Waals surface area contributed by atoms with E-state index in [0.29, 0.717) is 12.3 Å². The van der Waals surface area contributed by atoms with Crippen molar-refractivity contribution in [1.29, 1.82) is 0 Å². The van der Waals surface area contributed by atoms with Crippen LogP contribution in [-0.2, 0) is 13.0 Å². The first-order valence-corrected chi connectivity index (χ1v) is 10.8. The van der Waals surface area contributed by atoms with Gasteiger partial charge in [0.15, 0.2) is 5.76 Å². The number of benzene rings is 2. The Labute approximate surface area is 182 Å². The molecule has 4 aromatic rings.